The monoisotopic (exact) mass is 317 g/mol. The second-order valence-corrected chi connectivity index (χ2v) is 7.16. The number of urea groups is 1. The molecule has 2 amide bonds. The van der Waals surface area contributed by atoms with Crippen LogP contribution in [0.4, 0.5) is 14.9 Å². The molecule has 23 heavy (non-hydrogen) atoms. The van der Waals surface area contributed by atoms with Crippen molar-refractivity contribution < 1.29 is 9.18 Å². The van der Waals surface area contributed by atoms with Gasteiger partial charge in [0.15, 0.2) is 0 Å². The summed E-state index contributed by atoms with van der Waals surface area (Å²) in [6, 6.07) is 8.23. The highest BCUT2D eigenvalue weighted by Crippen LogP contribution is 2.41. The van der Waals surface area contributed by atoms with Gasteiger partial charge in [-0.3, -0.25) is 4.90 Å². The van der Waals surface area contributed by atoms with Crippen molar-refractivity contribution in [1.82, 2.24) is 10.2 Å². The summed E-state index contributed by atoms with van der Waals surface area (Å²) >= 11 is 0. The average Bonchev–Trinajstić information content (AvgIpc) is 3.33. The SMILES string of the molecule is O=C(Nc1ccccc1F)NC1CC2CCCC(C1)N2C1CC1. The zero-order chi connectivity index (χ0) is 15.8. The lowest BCUT2D eigenvalue weighted by atomic mass is 9.81. The predicted octanol–water partition coefficient (Wildman–Crippen LogP) is 3.50. The molecule has 2 atom stereocenters. The summed E-state index contributed by atoms with van der Waals surface area (Å²) in [7, 11) is 0. The minimum Gasteiger partial charge on any atom is -0.335 e. The van der Waals surface area contributed by atoms with Gasteiger partial charge in [0, 0.05) is 24.2 Å². The first kappa shape index (κ1) is 14.9. The second-order valence-electron chi connectivity index (χ2n) is 7.16. The van der Waals surface area contributed by atoms with Gasteiger partial charge in [-0.05, 0) is 50.7 Å². The number of hydrogen-bond acceptors (Lipinski definition) is 2. The van der Waals surface area contributed by atoms with Crippen molar-refractivity contribution in [2.24, 2.45) is 0 Å². The smallest absolute Gasteiger partial charge is 0.319 e. The molecule has 2 saturated heterocycles. The van der Waals surface area contributed by atoms with Gasteiger partial charge in [-0.2, -0.15) is 0 Å². The molecule has 2 aliphatic heterocycles. The van der Waals surface area contributed by atoms with Gasteiger partial charge in [0.1, 0.15) is 5.82 Å². The van der Waals surface area contributed by atoms with E-state index in [9.17, 15) is 9.18 Å². The topological polar surface area (TPSA) is 44.4 Å². The predicted molar refractivity (Wildman–Crippen MR) is 87.9 cm³/mol. The van der Waals surface area contributed by atoms with E-state index in [0.717, 1.165) is 18.9 Å². The number of carbonyl (C=O) groups excluding carboxylic acids is 1. The van der Waals surface area contributed by atoms with Crippen LogP contribution in [0.5, 0.6) is 0 Å². The first-order chi connectivity index (χ1) is 11.2. The van der Waals surface area contributed by atoms with E-state index in [1.807, 2.05) is 0 Å². The molecule has 3 aliphatic rings. The summed E-state index contributed by atoms with van der Waals surface area (Å²) in [5.74, 6) is -0.400. The highest BCUT2D eigenvalue weighted by molar-refractivity contribution is 5.89. The molecule has 2 unspecified atom stereocenters. The molecule has 1 saturated carbocycles. The van der Waals surface area contributed by atoms with Crippen molar-refractivity contribution in [3.8, 4) is 0 Å². The first-order valence-corrected chi connectivity index (χ1v) is 8.80. The molecule has 2 heterocycles. The molecule has 0 spiro atoms. The van der Waals surface area contributed by atoms with Gasteiger partial charge in [-0.1, -0.05) is 18.6 Å². The molecule has 0 aromatic heterocycles. The summed E-state index contributed by atoms with van der Waals surface area (Å²) in [5, 5.41) is 5.69. The number of benzene rings is 1. The van der Waals surface area contributed by atoms with E-state index >= 15 is 0 Å². The molecule has 1 aliphatic carbocycles. The van der Waals surface area contributed by atoms with Gasteiger partial charge >= 0.3 is 6.03 Å². The molecular weight excluding hydrogens is 293 g/mol. The Morgan fingerprint density at radius 3 is 2.39 bits per heavy atom. The van der Waals surface area contributed by atoms with Crippen LogP contribution >= 0.6 is 0 Å². The third kappa shape index (κ3) is 3.20. The second kappa shape index (κ2) is 6.11. The number of nitrogens with zero attached hydrogens (tertiary/aromatic N) is 1. The number of hydrogen-bond donors (Lipinski definition) is 2. The van der Waals surface area contributed by atoms with Crippen molar-refractivity contribution in [3.63, 3.8) is 0 Å². The van der Waals surface area contributed by atoms with Crippen LogP contribution in [-0.4, -0.2) is 35.1 Å². The van der Waals surface area contributed by atoms with Crippen LogP contribution in [0.2, 0.25) is 0 Å². The number of piperidine rings is 2. The Hall–Kier alpha value is -1.62. The van der Waals surface area contributed by atoms with E-state index in [4.69, 9.17) is 0 Å². The molecule has 2 N–H and O–H groups in total. The number of nitrogens with one attached hydrogen (secondary N) is 2. The van der Waals surface area contributed by atoms with Crippen molar-refractivity contribution >= 4 is 11.7 Å². The largest absolute Gasteiger partial charge is 0.335 e. The Labute approximate surface area is 136 Å². The van der Waals surface area contributed by atoms with Gasteiger partial charge < -0.3 is 10.6 Å². The Bertz CT molecular complexity index is 575. The number of carbonyl (C=O) groups is 1. The number of fused-ring (bicyclic) bond motifs is 2. The van der Waals surface area contributed by atoms with Crippen LogP contribution < -0.4 is 10.6 Å². The van der Waals surface area contributed by atoms with E-state index in [2.05, 4.69) is 15.5 Å². The molecular formula is C18H24FN3O. The maximum atomic E-state index is 13.6. The van der Waals surface area contributed by atoms with Crippen LogP contribution in [0, 0.1) is 5.82 Å². The number of rotatable bonds is 3. The van der Waals surface area contributed by atoms with Crippen LogP contribution in [0.25, 0.3) is 0 Å². The maximum absolute atomic E-state index is 13.6. The van der Waals surface area contributed by atoms with Gasteiger partial charge in [-0.25, -0.2) is 9.18 Å². The lowest BCUT2D eigenvalue weighted by molar-refractivity contribution is 0.0198. The molecule has 2 bridgehead atoms. The Morgan fingerprint density at radius 1 is 1.04 bits per heavy atom. The van der Waals surface area contributed by atoms with Crippen molar-refractivity contribution in [2.45, 2.75) is 69.1 Å². The minimum absolute atomic E-state index is 0.201. The fraction of sp³-hybridized carbons (Fsp3) is 0.611. The lowest BCUT2D eigenvalue weighted by Crippen LogP contribution is -2.58. The van der Waals surface area contributed by atoms with Gasteiger partial charge in [0.2, 0.25) is 0 Å². The Kier molecular flexibility index (Phi) is 3.97. The van der Waals surface area contributed by atoms with E-state index in [0.29, 0.717) is 12.1 Å². The Balaban J connectivity index is 1.36. The summed E-state index contributed by atoms with van der Waals surface area (Å²) in [4.78, 5) is 14.9. The van der Waals surface area contributed by atoms with Crippen LogP contribution in [0.15, 0.2) is 24.3 Å². The molecule has 3 fully saturated rings. The molecule has 4 rings (SSSR count). The van der Waals surface area contributed by atoms with E-state index in [1.165, 1.54) is 38.2 Å². The molecule has 1 aromatic carbocycles. The number of anilines is 1. The van der Waals surface area contributed by atoms with E-state index < -0.39 is 5.82 Å². The minimum atomic E-state index is -0.400. The fourth-order valence-electron chi connectivity index (χ4n) is 4.41. The highest BCUT2D eigenvalue weighted by Gasteiger charge is 2.45. The standard InChI is InChI=1S/C18H24FN3O/c19-16-6-1-2-7-17(16)21-18(23)20-12-10-14-4-3-5-15(11-12)22(14)13-8-9-13/h1-2,6-7,12-15H,3-5,8-11H2,(H2,20,21,23). The summed E-state index contributed by atoms with van der Waals surface area (Å²) in [6.45, 7) is 0. The van der Waals surface area contributed by atoms with E-state index in [1.54, 1.807) is 18.2 Å². The van der Waals surface area contributed by atoms with Gasteiger partial charge in [-0.15, -0.1) is 0 Å². The average molecular weight is 317 g/mol. The zero-order valence-corrected chi connectivity index (χ0v) is 13.3. The van der Waals surface area contributed by atoms with Crippen LogP contribution in [-0.2, 0) is 0 Å². The zero-order valence-electron chi connectivity index (χ0n) is 13.3. The highest BCUT2D eigenvalue weighted by atomic mass is 19.1. The van der Waals surface area contributed by atoms with Crippen molar-refractivity contribution in [2.75, 3.05) is 5.32 Å². The molecule has 4 nitrogen and oxygen atoms in total. The fourth-order valence-corrected chi connectivity index (χ4v) is 4.41. The summed E-state index contributed by atoms with van der Waals surface area (Å²) < 4.78 is 13.6. The molecule has 5 heteroatoms. The van der Waals surface area contributed by atoms with Crippen LogP contribution in [0.1, 0.15) is 44.9 Å². The van der Waals surface area contributed by atoms with Gasteiger partial charge in [0.05, 0.1) is 5.69 Å². The van der Waals surface area contributed by atoms with Crippen molar-refractivity contribution in [3.05, 3.63) is 30.1 Å². The van der Waals surface area contributed by atoms with Gasteiger partial charge in [0.25, 0.3) is 0 Å². The molecule has 124 valence electrons. The van der Waals surface area contributed by atoms with E-state index in [-0.39, 0.29) is 17.8 Å². The number of para-hydroxylation sites is 1. The Morgan fingerprint density at radius 2 is 1.74 bits per heavy atom. The normalized spacial score (nSPS) is 30.7. The molecule has 0 radical (unpaired) electrons. The third-order valence-corrected chi connectivity index (χ3v) is 5.46. The third-order valence-electron chi connectivity index (χ3n) is 5.46. The van der Waals surface area contributed by atoms with Crippen LogP contribution in [0.3, 0.4) is 0 Å². The quantitative estimate of drug-likeness (QED) is 0.896. The number of amides is 2. The summed E-state index contributed by atoms with van der Waals surface area (Å²) in [6.07, 6.45) is 8.56. The number of halogens is 1. The molecule has 1 aromatic rings. The first-order valence-electron chi connectivity index (χ1n) is 8.80. The van der Waals surface area contributed by atoms with Crippen molar-refractivity contribution in [1.29, 1.82) is 0 Å². The lowest BCUT2D eigenvalue weighted by Gasteiger charge is -2.49. The maximum Gasteiger partial charge on any atom is 0.319 e. The summed E-state index contributed by atoms with van der Waals surface area (Å²) in [5.41, 5.74) is 0.237.